The molecule has 0 saturated heterocycles. The molecule has 0 spiro atoms. The van der Waals surface area contributed by atoms with Gasteiger partial charge in [-0.15, -0.1) is 0 Å². The van der Waals surface area contributed by atoms with E-state index in [-0.39, 0.29) is 5.78 Å². The minimum Gasteiger partial charge on any atom is -0.391 e. The molecular formula is C27H27NO2S. The van der Waals surface area contributed by atoms with E-state index in [1.165, 1.54) is 17.7 Å². The molecule has 31 heavy (non-hydrogen) atoms. The number of Topliss-reactive ketones (excluding diaryl/α,β-unsaturated/α-hetero) is 1. The molecule has 3 aromatic carbocycles. The van der Waals surface area contributed by atoms with Crippen LogP contribution in [-0.4, -0.2) is 11.5 Å². The molecule has 0 atom stereocenters. The van der Waals surface area contributed by atoms with Crippen LogP contribution in [0.1, 0.15) is 48.0 Å². The summed E-state index contributed by atoms with van der Waals surface area (Å²) in [4.78, 5) is 21.1. The first-order valence-electron chi connectivity index (χ1n) is 10.9. The minimum absolute atomic E-state index is 0.0313. The number of oxime groups is 1. The van der Waals surface area contributed by atoms with Crippen LogP contribution in [0.25, 0.3) is 0 Å². The van der Waals surface area contributed by atoms with Crippen molar-refractivity contribution in [3.8, 4) is 0 Å². The van der Waals surface area contributed by atoms with Crippen LogP contribution in [0, 0.1) is 5.92 Å². The number of carbonyl (C=O) groups is 1. The van der Waals surface area contributed by atoms with E-state index in [4.69, 9.17) is 4.84 Å². The monoisotopic (exact) mass is 429 g/mol. The summed E-state index contributed by atoms with van der Waals surface area (Å²) < 4.78 is 0. The standard InChI is InChI=1S/C27H27NO2S/c29-27(23-15-17-25(18-16-23)31-24-13-5-2-6-14-24)26(19-21-9-7-8-10-21)28-30-20-22-11-3-1-4-12-22/h1-6,11-18,21H,7-10,19-20H2. The fourth-order valence-corrected chi connectivity index (χ4v) is 4.72. The molecule has 0 aromatic heterocycles. The number of nitrogens with zero attached hydrogens (tertiary/aromatic N) is 1. The van der Waals surface area contributed by atoms with E-state index in [1.807, 2.05) is 72.8 Å². The number of hydrogen-bond acceptors (Lipinski definition) is 4. The maximum absolute atomic E-state index is 13.2. The lowest BCUT2D eigenvalue weighted by molar-refractivity contribution is 0.102. The van der Waals surface area contributed by atoms with Gasteiger partial charge in [0.15, 0.2) is 0 Å². The largest absolute Gasteiger partial charge is 0.391 e. The molecule has 0 radical (unpaired) electrons. The van der Waals surface area contributed by atoms with E-state index >= 15 is 0 Å². The van der Waals surface area contributed by atoms with Gasteiger partial charge in [0.25, 0.3) is 0 Å². The van der Waals surface area contributed by atoms with Crippen molar-refractivity contribution >= 4 is 23.3 Å². The van der Waals surface area contributed by atoms with Gasteiger partial charge in [0.1, 0.15) is 12.3 Å². The summed E-state index contributed by atoms with van der Waals surface area (Å²) in [6, 6.07) is 28.0. The summed E-state index contributed by atoms with van der Waals surface area (Å²) in [7, 11) is 0. The van der Waals surface area contributed by atoms with E-state index in [9.17, 15) is 4.79 Å². The molecule has 1 aliphatic rings. The smallest absolute Gasteiger partial charge is 0.210 e. The fraction of sp³-hybridized carbons (Fsp3) is 0.259. The fourth-order valence-electron chi connectivity index (χ4n) is 3.88. The zero-order chi connectivity index (χ0) is 21.3. The summed E-state index contributed by atoms with van der Waals surface area (Å²) in [5, 5.41) is 4.31. The molecule has 3 aromatic rings. The first kappa shape index (κ1) is 21.4. The molecule has 0 amide bonds. The highest BCUT2D eigenvalue weighted by atomic mass is 32.2. The van der Waals surface area contributed by atoms with Gasteiger partial charge in [-0.25, -0.2) is 0 Å². The molecule has 0 N–H and O–H groups in total. The Hall–Kier alpha value is -2.85. The SMILES string of the molecule is O=C(C(CC1CCCC1)=NOCc1ccccc1)c1ccc(Sc2ccccc2)cc1. The molecule has 0 bridgehead atoms. The van der Waals surface area contributed by atoms with Crippen LogP contribution in [0.3, 0.4) is 0 Å². The van der Waals surface area contributed by atoms with E-state index in [2.05, 4.69) is 17.3 Å². The van der Waals surface area contributed by atoms with Crippen molar-refractivity contribution in [2.24, 2.45) is 11.1 Å². The second-order valence-corrected chi connectivity index (χ2v) is 9.07. The lowest BCUT2D eigenvalue weighted by Gasteiger charge is -2.11. The van der Waals surface area contributed by atoms with Gasteiger partial charge >= 0.3 is 0 Å². The first-order valence-corrected chi connectivity index (χ1v) is 11.7. The third kappa shape index (κ3) is 6.31. The molecule has 0 unspecified atom stereocenters. The van der Waals surface area contributed by atoms with Crippen LogP contribution in [0.2, 0.25) is 0 Å². The Morgan fingerprint density at radius 2 is 1.45 bits per heavy atom. The predicted octanol–water partition coefficient (Wildman–Crippen LogP) is 7.17. The highest BCUT2D eigenvalue weighted by Crippen LogP contribution is 2.30. The lowest BCUT2D eigenvalue weighted by atomic mass is 9.96. The van der Waals surface area contributed by atoms with Gasteiger partial charge in [-0.05, 0) is 54.3 Å². The van der Waals surface area contributed by atoms with Crippen molar-refractivity contribution in [1.29, 1.82) is 0 Å². The lowest BCUT2D eigenvalue weighted by Crippen LogP contribution is -2.18. The zero-order valence-corrected chi connectivity index (χ0v) is 18.4. The second kappa shape index (κ2) is 11.0. The molecule has 1 fully saturated rings. The third-order valence-electron chi connectivity index (χ3n) is 5.56. The predicted molar refractivity (Wildman–Crippen MR) is 127 cm³/mol. The normalized spacial score (nSPS) is 14.5. The van der Waals surface area contributed by atoms with Crippen molar-refractivity contribution in [2.45, 2.75) is 48.5 Å². The van der Waals surface area contributed by atoms with Crippen LogP contribution >= 0.6 is 11.8 Å². The molecule has 1 saturated carbocycles. The quantitative estimate of drug-likeness (QED) is 0.205. The molecule has 4 rings (SSSR count). The first-order chi connectivity index (χ1) is 15.3. The molecule has 1 aliphatic carbocycles. The number of benzene rings is 3. The number of rotatable bonds is 9. The summed E-state index contributed by atoms with van der Waals surface area (Å²) in [5.74, 6) is 0.493. The van der Waals surface area contributed by atoms with Gasteiger partial charge in [-0.3, -0.25) is 4.79 Å². The van der Waals surface area contributed by atoms with E-state index < -0.39 is 0 Å². The van der Waals surface area contributed by atoms with Crippen molar-refractivity contribution < 1.29 is 9.63 Å². The highest BCUT2D eigenvalue weighted by molar-refractivity contribution is 7.99. The van der Waals surface area contributed by atoms with Crippen LogP contribution in [0.15, 0.2) is 99.9 Å². The maximum Gasteiger partial charge on any atom is 0.210 e. The van der Waals surface area contributed by atoms with Crippen LogP contribution < -0.4 is 0 Å². The zero-order valence-electron chi connectivity index (χ0n) is 17.6. The highest BCUT2D eigenvalue weighted by Gasteiger charge is 2.23. The Morgan fingerprint density at radius 3 is 2.13 bits per heavy atom. The molecule has 0 heterocycles. The minimum atomic E-state index is -0.0313. The molecule has 3 nitrogen and oxygen atoms in total. The number of ketones is 1. The third-order valence-corrected chi connectivity index (χ3v) is 6.58. The van der Waals surface area contributed by atoms with Gasteiger partial charge in [-0.2, -0.15) is 0 Å². The maximum atomic E-state index is 13.2. The summed E-state index contributed by atoms with van der Waals surface area (Å²) in [6.07, 6.45) is 5.49. The topological polar surface area (TPSA) is 38.7 Å². The average molecular weight is 430 g/mol. The van der Waals surface area contributed by atoms with Crippen molar-refractivity contribution in [1.82, 2.24) is 0 Å². The van der Waals surface area contributed by atoms with E-state index in [1.54, 1.807) is 11.8 Å². The Kier molecular flexibility index (Phi) is 7.56. The van der Waals surface area contributed by atoms with Gasteiger partial charge in [-0.1, -0.05) is 91.1 Å². The molecular weight excluding hydrogens is 402 g/mol. The summed E-state index contributed by atoms with van der Waals surface area (Å²) in [6.45, 7) is 0.370. The number of hydrogen-bond donors (Lipinski definition) is 0. The Bertz CT molecular complexity index is 994. The molecule has 0 aliphatic heterocycles. The Morgan fingerprint density at radius 1 is 0.839 bits per heavy atom. The van der Waals surface area contributed by atoms with Crippen LogP contribution in [-0.2, 0) is 11.4 Å². The van der Waals surface area contributed by atoms with E-state index in [0.29, 0.717) is 30.2 Å². The van der Waals surface area contributed by atoms with Crippen molar-refractivity contribution in [3.63, 3.8) is 0 Å². The van der Waals surface area contributed by atoms with Crippen LogP contribution in [0.5, 0.6) is 0 Å². The molecule has 158 valence electrons. The van der Waals surface area contributed by atoms with Gasteiger partial charge in [0, 0.05) is 15.4 Å². The number of carbonyl (C=O) groups excluding carboxylic acids is 1. The van der Waals surface area contributed by atoms with Crippen molar-refractivity contribution in [3.05, 3.63) is 96.1 Å². The summed E-state index contributed by atoms with van der Waals surface area (Å²) >= 11 is 1.69. The van der Waals surface area contributed by atoms with Gasteiger partial charge < -0.3 is 4.84 Å². The second-order valence-electron chi connectivity index (χ2n) is 7.92. The summed E-state index contributed by atoms with van der Waals surface area (Å²) in [5.41, 5.74) is 2.24. The Balaban J connectivity index is 1.45. The van der Waals surface area contributed by atoms with Crippen molar-refractivity contribution in [2.75, 3.05) is 0 Å². The Labute approximate surface area is 188 Å². The van der Waals surface area contributed by atoms with Gasteiger partial charge in [0.2, 0.25) is 5.78 Å². The molecule has 4 heteroatoms. The van der Waals surface area contributed by atoms with E-state index in [0.717, 1.165) is 23.3 Å². The van der Waals surface area contributed by atoms with Crippen LogP contribution in [0.4, 0.5) is 0 Å². The average Bonchev–Trinajstić information content (AvgIpc) is 3.33. The van der Waals surface area contributed by atoms with Gasteiger partial charge in [0.05, 0.1) is 0 Å².